The molecule has 0 bridgehead atoms. The summed E-state index contributed by atoms with van der Waals surface area (Å²) in [5.74, 6) is -0.173. The third-order valence-corrected chi connectivity index (χ3v) is 4.32. The van der Waals surface area contributed by atoms with E-state index >= 15 is 0 Å². The lowest BCUT2D eigenvalue weighted by molar-refractivity contribution is 0.545. The molecule has 1 N–H and O–H groups in total. The molecular formula is C18H21BrFN. The first kappa shape index (κ1) is 16.2. The van der Waals surface area contributed by atoms with Gasteiger partial charge in [0.2, 0.25) is 0 Å². The van der Waals surface area contributed by atoms with Crippen molar-refractivity contribution in [2.45, 2.75) is 33.2 Å². The number of nitrogens with one attached hydrogen (secondary N) is 1. The van der Waals surface area contributed by atoms with Gasteiger partial charge in [-0.15, -0.1) is 0 Å². The molecule has 2 rings (SSSR count). The molecular weight excluding hydrogens is 329 g/mol. The zero-order chi connectivity index (χ0) is 15.4. The molecule has 0 aliphatic heterocycles. The van der Waals surface area contributed by atoms with Gasteiger partial charge in [-0.2, -0.15) is 0 Å². The van der Waals surface area contributed by atoms with Crippen LogP contribution in [-0.2, 0) is 0 Å². The van der Waals surface area contributed by atoms with Crippen molar-refractivity contribution in [2.24, 2.45) is 0 Å². The highest BCUT2D eigenvalue weighted by molar-refractivity contribution is 9.10. The number of halogens is 2. The smallest absolute Gasteiger partial charge is 0.128 e. The number of hydrogen-bond acceptors (Lipinski definition) is 1. The summed E-state index contributed by atoms with van der Waals surface area (Å²) in [6.07, 6.45) is 1.01. The zero-order valence-electron chi connectivity index (χ0n) is 12.7. The maximum atomic E-state index is 14.3. The van der Waals surface area contributed by atoms with Crippen LogP contribution < -0.4 is 5.32 Å². The van der Waals surface area contributed by atoms with Crippen LogP contribution in [0.5, 0.6) is 0 Å². The highest BCUT2D eigenvalue weighted by atomic mass is 79.9. The van der Waals surface area contributed by atoms with Gasteiger partial charge in [-0.1, -0.05) is 41.1 Å². The van der Waals surface area contributed by atoms with Gasteiger partial charge in [0.05, 0.1) is 6.04 Å². The van der Waals surface area contributed by atoms with E-state index in [4.69, 9.17) is 0 Å². The second-order valence-electron chi connectivity index (χ2n) is 5.34. The number of hydrogen-bond donors (Lipinski definition) is 1. The summed E-state index contributed by atoms with van der Waals surface area (Å²) in [4.78, 5) is 0. The molecule has 2 aromatic rings. The van der Waals surface area contributed by atoms with E-state index in [-0.39, 0.29) is 11.9 Å². The standard InChI is InChI=1S/C18H21BrFN/c1-4-10-21-18(15-7-5-6-12(2)13(15)3)16-11-14(19)8-9-17(16)20/h5-9,11,18,21H,4,10H2,1-3H3. The molecule has 0 saturated heterocycles. The molecule has 0 radical (unpaired) electrons. The van der Waals surface area contributed by atoms with E-state index in [1.165, 1.54) is 17.2 Å². The van der Waals surface area contributed by atoms with Crippen molar-refractivity contribution < 1.29 is 4.39 Å². The van der Waals surface area contributed by atoms with Gasteiger partial charge < -0.3 is 5.32 Å². The molecule has 1 unspecified atom stereocenters. The Morgan fingerprint density at radius 2 is 1.90 bits per heavy atom. The van der Waals surface area contributed by atoms with Gasteiger partial charge in [0.25, 0.3) is 0 Å². The van der Waals surface area contributed by atoms with Gasteiger partial charge in [-0.25, -0.2) is 4.39 Å². The van der Waals surface area contributed by atoms with Gasteiger partial charge in [-0.05, 0) is 61.7 Å². The molecule has 0 aromatic heterocycles. The fraction of sp³-hybridized carbons (Fsp3) is 0.333. The predicted octanol–water partition coefficient (Wildman–Crippen LogP) is 5.29. The minimum atomic E-state index is -0.173. The van der Waals surface area contributed by atoms with Crippen LogP contribution in [0.4, 0.5) is 4.39 Å². The van der Waals surface area contributed by atoms with Crippen molar-refractivity contribution in [1.82, 2.24) is 5.32 Å². The van der Waals surface area contributed by atoms with Crippen molar-refractivity contribution in [1.29, 1.82) is 0 Å². The lowest BCUT2D eigenvalue weighted by Crippen LogP contribution is -2.25. The Kier molecular flexibility index (Phi) is 5.54. The molecule has 0 spiro atoms. The Hall–Kier alpha value is -1.19. The van der Waals surface area contributed by atoms with Crippen LogP contribution in [0.15, 0.2) is 40.9 Å². The molecule has 1 atom stereocenters. The third-order valence-electron chi connectivity index (χ3n) is 3.83. The Balaban J connectivity index is 2.52. The molecule has 2 aromatic carbocycles. The molecule has 1 nitrogen and oxygen atoms in total. The summed E-state index contributed by atoms with van der Waals surface area (Å²) in [6.45, 7) is 7.16. The van der Waals surface area contributed by atoms with E-state index in [2.05, 4.69) is 54.2 Å². The highest BCUT2D eigenvalue weighted by Gasteiger charge is 2.19. The van der Waals surface area contributed by atoms with Gasteiger partial charge in [0.15, 0.2) is 0 Å². The first-order valence-electron chi connectivity index (χ1n) is 7.29. The van der Waals surface area contributed by atoms with Crippen molar-refractivity contribution >= 4 is 15.9 Å². The average Bonchev–Trinajstić information content (AvgIpc) is 2.47. The molecule has 21 heavy (non-hydrogen) atoms. The molecule has 0 aliphatic rings. The van der Waals surface area contributed by atoms with Crippen molar-refractivity contribution in [2.75, 3.05) is 6.54 Å². The van der Waals surface area contributed by atoms with E-state index in [1.54, 1.807) is 6.07 Å². The molecule has 0 fully saturated rings. The summed E-state index contributed by atoms with van der Waals surface area (Å²) in [6, 6.07) is 11.2. The van der Waals surface area contributed by atoms with Crippen LogP contribution >= 0.6 is 15.9 Å². The summed E-state index contributed by atoms with van der Waals surface area (Å²) >= 11 is 3.44. The number of rotatable bonds is 5. The average molecular weight is 350 g/mol. The zero-order valence-corrected chi connectivity index (χ0v) is 14.3. The van der Waals surface area contributed by atoms with Gasteiger partial charge >= 0.3 is 0 Å². The summed E-state index contributed by atoms with van der Waals surface area (Å²) in [7, 11) is 0. The van der Waals surface area contributed by atoms with E-state index in [1.807, 2.05) is 12.1 Å². The normalized spacial score (nSPS) is 12.4. The monoisotopic (exact) mass is 349 g/mol. The summed E-state index contributed by atoms with van der Waals surface area (Å²) in [5.41, 5.74) is 4.27. The maximum absolute atomic E-state index is 14.3. The lowest BCUT2D eigenvalue weighted by Gasteiger charge is -2.23. The quantitative estimate of drug-likeness (QED) is 0.772. The first-order chi connectivity index (χ1) is 10.0. The van der Waals surface area contributed by atoms with Crippen molar-refractivity contribution in [3.05, 3.63) is 68.9 Å². The third kappa shape index (κ3) is 3.72. The van der Waals surface area contributed by atoms with Gasteiger partial charge in [0.1, 0.15) is 5.82 Å². The number of aryl methyl sites for hydroxylation is 1. The second kappa shape index (κ2) is 7.19. The van der Waals surface area contributed by atoms with Crippen LogP contribution in [0.2, 0.25) is 0 Å². The molecule has 0 heterocycles. The Morgan fingerprint density at radius 3 is 2.62 bits per heavy atom. The van der Waals surface area contributed by atoms with Crippen LogP contribution in [0.1, 0.15) is 41.6 Å². The van der Waals surface area contributed by atoms with Gasteiger partial charge in [0, 0.05) is 10.0 Å². The van der Waals surface area contributed by atoms with Crippen molar-refractivity contribution in [3.63, 3.8) is 0 Å². The number of benzene rings is 2. The Morgan fingerprint density at radius 1 is 1.14 bits per heavy atom. The van der Waals surface area contributed by atoms with E-state index in [9.17, 15) is 4.39 Å². The molecule has 0 aliphatic carbocycles. The van der Waals surface area contributed by atoms with Crippen LogP contribution in [0.3, 0.4) is 0 Å². The summed E-state index contributed by atoms with van der Waals surface area (Å²) < 4.78 is 15.2. The van der Waals surface area contributed by atoms with Crippen LogP contribution in [0.25, 0.3) is 0 Å². The second-order valence-corrected chi connectivity index (χ2v) is 6.26. The lowest BCUT2D eigenvalue weighted by atomic mass is 9.92. The SMILES string of the molecule is CCCNC(c1cc(Br)ccc1F)c1cccc(C)c1C. The summed E-state index contributed by atoms with van der Waals surface area (Å²) in [5, 5.41) is 3.48. The highest BCUT2D eigenvalue weighted by Crippen LogP contribution is 2.30. The maximum Gasteiger partial charge on any atom is 0.128 e. The minimum Gasteiger partial charge on any atom is -0.306 e. The molecule has 0 amide bonds. The van der Waals surface area contributed by atoms with E-state index in [0.717, 1.165) is 23.0 Å². The van der Waals surface area contributed by atoms with E-state index in [0.29, 0.717) is 5.56 Å². The minimum absolute atomic E-state index is 0.123. The molecule has 0 saturated carbocycles. The fourth-order valence-corrected chi connectivity index (χ4v) is 2.88. The molecule has 3 heteroatoms. The Bertz CT molecular complexity index is 623. The van der Waals surface area contributed by atoms with Crippen LogP contribution in [-0.4, -0.2) is 6.54 Å². The van der Waals surface area contributed by atoms with Crippen molar-refractivity contribution in [3.8, 4) is 0 Å². The Labute approximate surface area is 134 Å². The topological polar surface area (TPSA) is 12.0 Å². The van der Waals surface area contributed by atoms with Gasteiger partial charge in [-0.3, -0.25) is 0 Å². The molecule has 112 valence electrons. The largest absolute Gasteiger partial charge is 0.306 e. The first-order valence-corrected chi connectivity index (χ1v) is 8.08. The predicted molar refractivity (Wildman–Crippen MR) is 90.2 cm³/mol. The van der Waals surface area contributed by atoms with E-state index < -0.39 is 0 Å². The van der Waals surface area contributed by atoms with Crippen LogP contribution in [0, 0.1) is 19.7 Å². The fourth-order valence-electron chi connectivity index (χ4n) is 2.50.